The Morgan fingerprint density at radius 2 is 2.29 bits per heavy atom. The van der Waals surface area contributed by atoms with Gasteiger partial charge in [0.15, 0.2) is 0 Å². The maximum Gasteiger partial charge on any atom is 0.0675 e. The molecule has 1 atom stereocenters. The molecule has 0 aromatic carbocycles. The molecule has 1 aliphatic heterocycles. The molecular weight excluding hydrogens is 176 g/mol. The van der Waals surface area contributed by atoms with Crippen LogP contribution in [0.25, 0.3) is 0 Å². The fraction of sp³-hybridized carbons (Fsp3) is 0.909. The standard InChI is InChI=1S/C11H20N2O/c1-11(2)10(9-12)5-7-13(11)6-4-8-14-3/h10H,4-8H2,1-3H3. The zero-order valence-electron chi connectivity index (χ0n) is 9.42. The third-order valence-electron chi connectivity index (χ3n) is 3.29. The molecule has 0 saturated carbocycles. The van der Waals surface area contributed by atoms with Crippen molar-refractivity contribution >= 4 is 0 Å². The van der Waals surface area contributed by atoms with Gasteiger partial charge in [0.25, 0.3) is 0 Å². The van der Waals surface area contributed by atoms with E-state index in [4.69, 9.17) is 10.00 Å². The van der Waals surface area contributed by atoms with Crippen LogP contribution in [0.4, 0.5) is 0 Å². The Labute approximate surface area is 86.6 Å². The van der Waals surface area contributed by atoms with Crippen molar-refractivity contribution in [1.82, 2.24) is 4.90 Å². The normalized spacial score (nSPS) is 26.3. The van der Waals surface area contributed by atoms with Crippen molar-refractivity contribution in [2.75, 3.05) is 26.8 Å². The van der Waals surface area contributed by atoms with Crippen molar-refractivity contribution in [2.45, 2.75) is 32.2 Å². The molecule has 0 spiro atoms. The summed E-state index contributed by atoms with van der Waals surface area (Å²) >= 11 is 0. The summed E-state index contributed by atoms with van der Waals surface area (Å²) in [4.78, 5) is 2.40. The van der Waals surface area contributed by atoms with E-state index in [-0.39, 0.29) is 11.5 Å². The highest BCUT2D eigenvalue weighted by Crippen LogP contribution is 2.33. The number of nitriles is 1. The average molecular weight is 196 g/mol. The van der Waals surface area contributed by atoms with Gasteiger partial charge in [-0.1, -0.05) is 0 Å². The third-order valence-corrected chi connectivity index (χ3v) is 3.29. The molecule has 1 heterocycles. The predicted octanol–water partition coefficient (Wildman–Crippen LogP) is 1.65. The minimum Gasteiger partial charge on any atom is -0.385 e. The minimum atomic E-state index is 0.0441. The van der Waals surface area contributed by atoms with Crippen molar-refractivity contribution in [3.8, 4) is 6.07 Å². The van der Waals surface area contributed by atoms with Crippen LogP contribution in [-0.2, 0) is 4.74 Å². The summed E-state index contributed by atoms with van der Waals surface area (Å²) in [5.41, 5.74) is 0.0441. The lowest BCUT2D eigenvalue weighted by Crippen LogP contribution is -2.42. The lowest BCUT2D eigenvalue weighted by molar-refractivity contribution is 0.127. The molecule has 1 aliphatic rings. The topological polar surface area (TPSA) is 36.3 Å². The van der Waals surface area contributed by atoms with Crippen LogP contribution in [-0.4, -0.2) is 37.2 Å². The quantitative estimate of drug-likeness (QED) is 0.641. The molecule has 0 aromatic rings. The van der Waals surface area contributed by atoms with Crippen molar-refractivity contribution in [3.05, 3.63) is 0 Å². The average Bonchev–Trinajstić information content (AvgIpc) is 2.42. The number of rotatable bonds is 4. The van der Waals surface area contributed by atoms with Crippen molar-refractivity contribution in [3.63, 3.8) is 0 Å². The van der Waals surface area contributed by atoms with Crippen LogP contribution in [0.2, 0.25) is 0 Å². The molecule has 0 N–H and O–H groups in total. The van der Waals surface area contributed by atoms with E-state index in [0.29, 0.717) is 0 Å². The van der Waals surface area contributed by atoms with Crippen LogP contribution in [0, 0.1) is 17.2 Å². The number of ether oxygens (including phenoxy) is 1. The van der Waals surface area contributed by atoms with E-state index < -0.39 is 0 Å². The van der Waals surface area contributed by atoms with Crippen LogP contribution in [0.5, 0.6) is 0 Å². The van der Waals surface area contributed by atoms with E-state index in [2.05, 4.69) is 24.8 Å². The molecule has 0 radical (unpaired) electrons. The SMILES string of the molecule is COCCCN1CCC(C#N)C1(C)C. The fourth-order valence-electron chi connectivity index (χ4n) is 2.17. The number of hydrogen-bond acceptors (Lipinski definition) is 3. The first-order valence-corrected chi connectivity index (χ1v) is 5.26. The molecule has 3 nitrogen and oxygen atoms in total. The summed E-state index contributed by atoms with van der Waals surface area (Å²) in [5, 5.41) is 8.99. The Hall–Kier alpha value is -0.590. The van der Waals surface area contributed by atoms with Crippen LogP contribution in [0.1, 0.15) is 26.7 Å². The Morgan fingerprint density at radius 1 is 1.57 bits per heavy atom. The van der Waals surface area contributed by atoms with Gasteiger partial charge in [0, 0.05) is 32.3 Å². The highest BCUT2D eigenvalue weighted by Gasteiger charge is 2.40. The summed E-state index contributed by atoms with van der Waals surface area (Å²) < 4.78 is 5.03. The van der Waals surface area contributed by atoms with Gasteiger partial charge in [0.1, 0.15) is 0 Å². The van der Waals surface area contributed by atoms with Crippen molar-refractivity contribution < 1.29 is 4.74 Å². The van der Waals surface area contributed by atoms with Crippen LogP contribution >= 0.6 is 0 Å². The number of likely N-dealkylation sites (tertiary alicyclic amines) is 1. The molecule has 1 saturated heterocycles. The van der Waals surface area contributed by atoms with E-state index in [1.165, 1.54) is 0 Å². The van der Waals surface area contributed by atoms with Gasteiger partial charge in [0.2, 0.25) is 0 Å². The molecule has 1 rings (SSSR count). The second-order valence-electron chi connectivity index (χ2n) is 4.46. The summed E-state index contributed by atoms with van der Waals surface area (Å²) in [7, 11) is 1.73. The summed E-state index contributed by atoms with van der Waals surface area (Å²) in [6.07, 6.45) is 2.06. The Balaban J connectivity index is 2.44. The van der Waals surface area contributed by atoms with Crippen LogP contribution < -0.4 is 0 Å². The zero-order valence-corrected chi connectivity index (χ0v) is 9.42. The fourth-order valence-corrected chi connectivity index (χ4v) is 2.17. The van der Waals surface area contributed by atoms with Crippen LogP contribution in [0.15, 0.2) is 0 Å². The van der Waals surface area contributed by atoms with E-state index in [1.54, 1.807) is 7.11 Å². The zero-order chi connectivity index (χ0) is 10.6. The monoisotopic (exact) mass is 196 g/mol. The first-order chi connectivity index (χ1) is 6.62. The van der Waals surface area contributed by atoms with Gasteiger partial charge < -0.3 is 4.74 Å². The second kappa shape index (κ2) is 4.77. The first kappa shape index (κ1) is 11.5. The summed E-state index contributed by atoms with van der Waals surface area (Å²) in [5.74, 6) is 0.185. The Morgan fingerprint density at radius 3 is 2.79 bits per heavy atom. The van der Waals surface area contributed by atoms with Gasteiger partial charge in [-0.25, -0.2) is 0 Å². The minimum absolute atomic E-state index is 0.0441. The van der Waals surface area contributed by atoms with E-state index in [1.807, 2.05) is 0 Å². The van der Waals surface area contributed by atoms with Crippen LogP contribution in [0.3, 0.4) is 0 Å². The second-order valence-corrected chi connectivity index (χ2v) is 4.46. The molecule has 0 bridgehead atoms. The van der Waals surface area contributed by atoms with E-state index >= 15 is 0 Å². The first-order valence-electron chi connectivity index (χ1n) is 5.26. The summed E-state index contributed by atoms with van der Waals surface area (Å²) in [6, 6.07) is 2.40. The summed E-state index contributed by atoms with van der Waals surface area (Å²) in [6.45, 7) is 7.24. The molecule has 80 valence electrons. The predicted molar refractivity (Wildman–Crippen MR) is 55.9 cm³/mol. The lowest BCUT2D eigenvalue weighted by atomic mass is 9.90. The molecule has 1 unspecified atom stereocenters. The molecule has 3 heteroatoms. The van der Waals surface area contributed by atoms with Gasteiger partial charge >= 0.3 is 0 Å². The van der Waals surface area contributed by atoms with E-state index in [9.17, 15) is 0 Å². The van der Waals surface area contributed by atoms with Gasteiger partial charge in [-0.15, -0.1) is 0 Å². The molecule has 0 aliphatic carbocycles. The largest absolute Gasteiger partial charge is 0.385 e. The van der Waals surface area contributed by atoms with Gasteiger partial charge in [-0.05, 0) is 26.7 Å². The number of nitrogens with zero attached hydrogens (tertiary/aromatic N) is 2. The highest BCUT2D eigenvalue weighted by atomic mass is 16.5. The third kappa shape index (κ3) is 2.26. The lowest BCUT2D eigenvalue weighted by Gasteiger charge is -2.33. The van der Waals surface area contributed by atoms with Gasteiger partial charge in [-0.3, -0.25) is 4.90 Å². The van der Waals surface area contributed by atoms with Gasteiger partial charge in [-0.2, -0.15) is 5.26 Å². The maximum atomic E-state index is 8.99. The number of hydrogen-bond donors (Lipinski definition) is 0. The molecule has 14 heavy (non-hydrogen) atoms. The van der Waals surface area contributed by atoms with E-state index in [0.717, 1.165) is 32.5 Å². The highest BCUT2D eigenvalue weighted by molar-refractivity contribution is 5.04. The van der Waals surface area contributed by atoms with Gasteiger partial charge in [0.05, 0.1) is 12.0 Å². The van der Waals surface area contributed by atoms with Crippen molar-refractivity contribution in [1.29, 1.82) is 5.26 Å². The molecular formula is C11H20N2O. The van der Waals surface area contributed by atoms with Crippen molar-refractivity contribution in [2.24, 2.45) is 5.92 Å². The Bertz CT molecular complexity index is 220. The smallest absolute Gasteiger partial charge is 0.0675 e. The molecule has 1 fully saturated rings. The Kier molecular flexibility index (Phi) is 3.91. The molecule has 0 amide bonds. The number of methoxy groups -OCH3 is 1. The maximum absolute atomic E-state index is 8.99. The molecule has 0 aromatic heterocycles.